The molecule has 0 aliphatic rings. The molecule has 0 fully saturated rings. The molecule has 1 amide bonds. The number of halogens is 3. The van der Waals surface area contributed by atoms with Crippen molar-refractivity contribution in [1.29, 1.82) is 0 Å². The number of anilines is 2. The molecule has 12 heteroatoms. The summed E-state index contributed by atoms with van der Waals surface area (Å²) in [4.78, 5) is 16.7. The summed E-state index contributed by atoms with van der Waals surface area (Å²) in [6.07, 6.45) is -3.17. The van der Waals surface area contributed by atoms with Gasteiger partial charge in [0.05, 0.1) is 11.4 Å². The molecule has 0 unspecified atom stereocenters. The van der Waals surface area contributed by atoms with Crippen LogP contribution in [-0.2, 0) is 19.6 Å². The maximum absolute atomic E-state index is 13.1. The molecule has 0 bridgehead atoms. The van der Waals surface area contributed by atoms with Gasteiger partial charge in [0, 0.05) is 36.5 Å². The molecule has 3 aromatic heterocycles. The summed E-state index contributed by atoms with van der Waals surface area (Å²) in [6.45, 7) is 1.79. The third kappa shape index (κ3) is 3.91. The highest BCUT2D eigenvalue weighted by molar-refractivity contribution is 6.04. The van der Waals surface area contributed by atoms with Gasteiger partial charge in [0.2, 0.25) is 5.65 Å². The van der Waals surface area contributed by atoms with E-state index >= 15 is 0 Å². The molecule has 0 spiro atoms. The number of rotatable bonds is 4. The Balaban J connectivity index is 1.54. The maximum atomic E-state index is 13.1. The molecule has 3 heterocycles. The van der Waals surface area contributed by atoms with Crippen molar-refractivity contribution in [2.45, 2.75) is 19.5 Å². The molecule has 1 aromatic carbocycles. The number of fused-ring (bicyclic) bond motifs is 1. The Kier molecular flexibility index (Phi) is 4.84. The molecular formula is C19H16F3N7O2. The van der Waals surface area contributed by atoms with E-state index in [0.29, 0.717) is 29.0 Å². The van der Waals surface area contributed by atoms with Crippen molar-refractivity contribution >= 4 is 28.4 Å². The molecule has 0 aliphatic carbocycles. The van der Waals surface area contributed by atoms with Gasteiger partial charge in [-0.3, -0.25) is 9.48 Å². The van der Waals surface area contributed by atoms with E-state index in [1.807, 2.05) is 0 Å². The standard InChI is InChI=1S/C19H16F3N7O2/c1-9-12(14(23)15-17(24-9)28-31-27-15)7-10-3-5-11(6-4-10)18(30)25-13-8-29(2)26-16(13)19(20,21)22/h3-6,8H,7,23H2,1-2H3,(H,25,30). The van der Waals surface area contributed by atoms with Gasteiger partial charge >= 0.3 is 6.18 Å². The first-order valence-electron chi connectivity index (χ1n) is 9.02. The molecule has 9 nitrogen and oxygen atoms in total. The van der Waals surface area contributed by atoms with Gasteiger partial charge in [-0.05, 0) is 34.9 Å². The molecule has 0 aliphatic heterocycles. The SMILES string of the molecule is Cc1nc2nonc2c(N)c1Cc1ccc(C(=O)Nc2cn(C)nc2C(F)(F)F)cc1. The normalized spacial score (nSPS) is 11.8. The Morgan fingerprint density at radius 1 is 1.23 bits per heavy atom. The average Bonchev–Trinajstić information content (AvgIpc) is 3.31. The monoisotopic (exact) mass is 431 g/mol. The van der Waals surface area contributed by atoms with E-state index in [4.69, 9.17) is 5.73 Å². The van der Waals surface area contributed by atoms with Crippen LogP contribution in [0.1, 0.15) is 32.9 Å². The number of aryl methyl sites for hydroxylation is 2. The van der Waals surface area contributed by atoms with Gasteiger partial charge in [0.15, 0.2) is 11.2 Å². The Bertz CT molecular complexity index is 1280. The molecule has 4 aromatic rings. The molecule has 0 saturated heterocycles. The molecule has 0 saturated carbocycles. The minimum atomic E-state index is -4.68. The number of hydrogen-bond donors (Lipinski definition) is 2. The summed E-state index contributed by atoms with van der Waals surface area (Å²) in [7, 11) is 1.34. The highest BCUT2D eigenvalue weighted by Crippen LogP contribution is 2.33. The van der Waals surface area contributed by atoms with Crippen molar-refractivity contribution < 1.29 is 22.6 Å². The number of pyridine rings is 1. The zero-order valence-corrected chi connectivity index (χ0v) is 16.4. The van der Waals surface area contributed by atoms with Crippen molar-refractivity contribution in [2.75, 3.05) is 11.1 Å². The first-order chi connectivity index (χ1) is 14.6. The van der Waals surface area contributed by atoms with Crippen LogP contribution >= 0.6 is 0 Å². The summed E-state index contributed by atoms with van der Waals surface area (Å²) in [6, 6.07) is 6.41. The van der Waals surface area contributed by atoms with E-state index in [2.05, 4.69) is 30.3 Å². The van der Waals surface area contributed by atoms with Crippen LogP contribution in [0, 0.1) is 6.92 Å². The quantitative estimate of drug-likeness (QED) is 0.509. The highest BCUT2D eigenvalue weighted by Gasteiger charge is 2.37. The third-order valence-corrected chi connectivity index (χ3v) is 4.70. The van der Waals surface area contributed by atoms with Gasteiger partial charge in [-0.2, -0.15) is 18.3 Å². The molecule has 0 atom stereocenters. The summed E-state index contributed by atoms with van der Waals surface area (Å²) in [5.41, 5.74) is 8.11. The number of amides is 1. The van der Waals surface area contributed by atoms with E-state index in [9.17, 15) is 18.0 Å². The van der Waals surface area contributed by atoms with Crippen molar-refractivity contribution in [3.05, 3.63) is 58.5 Å². The van der Waals surface area contributed by atoms with E-state index < -0.39 is 23.5 Å². The van der Waals surface area contributed by atoms with Gasteiger partial charge in [-0.15, -0.1) is 0 Å². The lowest BCUT2D eigenvalue weighted by atomic mass is 10.0. The number of aromatic nitrogens is 5. The number of alkyl halides is 3. The Hall–Kier alpha value is -3.96. The van der Waals surface area contributed by atoms with E-state index in [1.54, 1.807) is 19.1 Å². The number of carbonyl (C=O) groups excluding carboxylic acids is 1. The highest BCUT2D eigenvalue weighted by atomic mass is 19.4. The molecule has 0 radical (unpaired) electrons. The van der Waals surface area contributed by atoms with Crippen LogP contribution in [0.4, 0.5) is 24.5 Å². The van der Waals surface area contributed by atoms with Gasteiger partial charge in [0.1, 0.15) is 0 Å². The summed E-state index contributed by atoms with van der Waals surface area (Å²) < 4.78 is 44.8. The zero-order chi connectivity index (χ0) is 22.3. The summed E-state index contributed by atoms with van der Waals surface area (Å²) >= 11 is 0. The Morgan fingerprint density at radius 3 is 2.61 bits per heavy atom. The van der Waals surface area contributed by atoms with Gasteiger partial charge in [-0.1, -0.05) is 12.1 Å². The zero-order valence-electron chi connectivity index (χ0n) is 16.4. The molecular weight excluding hydrogens is 415 g/mol. The van der Waals surface area contributed by atoms with E-state index in [1.165, 1.54) is 19.2 Å². The van der Waals surface area contributed by atoms with Crippen molar-refractivity contribution in [3.8, 4) is 0 Å². The number of nitrogens with zero attached hydrogens (tertiary/aromatic N) is 5. The van der Waals surface area contributed by atoms with E-state index in [0.717, 1.165) is 22.0 Å². The first kappa shape index (κ1) is 20.3. The third-order valence-electron chi connectivity index (χ3n) is 4.70. The fourth-order valence-corrected chi connectivity index (χ4v) is 3.18. The lowest BCUT2D eigenvalue weighted by molar-refractivity contribution is -0.140. The second kappa shape index (κ2) is 7.38. The Labute approximate surface area is 173 Å². The number of benzene rings is 1. The van der Waals surface area contributed by atoms with Crippen molar-refractivity contribution in [2.24, 2.45) is 7.05 Å². The van der Waals surface area contributed by atoms with Crippen LogP contribution in [0.3, 0.4) is 0 Å². The molecule has 3 N–H and O–H groups in total. The number of nitrogens with two attached hydrogens (primary N) is 1. The van der Waals surface area contributed by atoms with Gasteiger partial charge in [-0.25, -0.2) is 9.61 Å². The van der Waals surface area contributed by atoms with Crippen LogP contribution in [0.15, 0.2) is 35.1 Å². The lowest BCUT2D eigenvalue weighted by Crippen LogP contribution is -2.16. The topological polar surface area (TPSA) is 125 Å². The molecule has 160 valence electrons. The fraction of sp³-hybridized carbons (Fsp3) is 0.211. The summed E-state index contributed by atoms with van der Waals surface area (Å²) in [5.74, 6) is -0.683. The lowest BCUT2D eigenvalue weighted by Gasteiger charge is -2.10. The van der Waals surface area contributed by atoms with Crippen LogP contribution < -0.4 is 11.1 Å². The maximum Gasteiger partial charge on any atom is 0.437 e. The molecule has 31 heavy (non-hydrogen) atoms. The number of hydrogen-bond acceptors (Lipinski definition) is 7. The van der Waals surface area contributed by atoms with Crippen molar-refractivity contribution in [3.63, 3.8) is 0 Å². The predicted molar refractivity (Wildman–Crippen MR) is 104 cm³/mol. The summed E-state index contributed by atoms with van der Waals surface area (Å²) in [5, 5.41) is 13.1. The first-order valence-corrected chi connectivity index (χ1v) is 9.02. The van der Waals surface area contributed by atoms with Crippen molar-refractivity contribution in [1.82, 2.24) is 25.1 Å². The number of carbonyl (C=O) groups is 1. The second-order valence-corrected chi connectivity index (χ2v) is 6.92. The van der Waals surface area contributed by atoms with Crippen LogP contribution in [0.2, 0.25) is 0 Å². The van der Waals surface area contributed by atoms with Gasteiger partial charge in [0.25, 0.3) is 5.91 Å². The minimum absolute atomic E-state index is 0.194. The fourth-order valence-electron chi connectivity index (χ4n) is 3.18. The average molecular weight is 431 g/mol. The van der Waals surface area contributed by atoms with Gasteiger partial charge < -0.3 is 11.1 Å². The minimum Gasteiger partial charge on any atom is -0.396 e. The smallest absolute Gasteiger partial charge is 0.396 e. The van der Waals surface area contributed by atoms with Crippen LogP contribution in [0.5, 0.6) is 0 Å². The molecule has 4 rings (SSSR count). The largest absolute Gasteiger partial charge is 0.437 e. The number of nitrogen functional groups attached to an aromatic ring is 1. The number of nitrogens with one attached hydrogen (secondary N) is 1. The Morgan fingerprint density at radius 2 is 1.94 bits per heavy atom. The van der Waals surface area contributed by atoms with Crippen LogP contribution in [-0.4, -0.2) is 31.0 Å². The second-order valence-electron chi connectivity index (χ2n) is 6.92. The van der Waals surface area contributed by atoms with Crippen LogP contribution in [0.25, 0.3) is 11.2 Å². The predicted octanol–water partition coefficient (Wildman–Crippen LogP) is 3.10. The van der Waals surface area contributed by atoms with E-state index in [-0.39, 0.29) is 5.56 Å².